The zero-order valence-corrected chi connectivity index (χ0v) is 18.4. The first-order chi connectivity index (χ1) is 15.3. The molecule has 3 aromatic carbocycles. The summed E-state index contributed by atoms with van der Waals surface area (Å²) in [4.78, 5) is 12.1. The average Bonchev–Trinajstić information content (AvgIpc) is 2.80. The second-order valence-electron chi connectivity index (χ2n) is 6.69. The third-order valence-electron chi connectivity index (χ3n) is 4.51. The Kier molecular flexibility index (Phi) is 7.32. The highest BCUT2D eigenvalue weighted by Crippen LogP contribution is 2.25. The summed E-state index contributed by atoms with van der Waals surface area (Å²) in [6, 6.07) is 18.2. The van der Waals surface area contributed by atoms with E-state index in [4.69, 9.17) is 9.47 Å². The second-order valence-corrected chi connectivity index (χ2v) is 8.66. The van der Waals surface area contributed by atoms with Crippen LogP contribution in [-0.2, 0) is 14.8 Å². The lowest BCUT2D eigenvalue weighted by atomic mass is 10.3. The Labute approximate surface area is 186 Å². The number of benzene rings is 3. The van der Waals surface area contributed by atoms with Gasteiger partial charge in [0.05, 0.1) is 22.9 Å². The summed E-state index contributed by atoms with van der Waals surface area (Å²) in [5.41, 5.74) is 0.486. The average molecular weight is 459 g/mol. The van der Waals surface area contributed by atoms with Crippen LogP contribution in [0, 0.1) is 5.82 Å². The Morgan fingerprint density at radius 3 is 2.16 bits per heavy atom. The van der Waals surface area contributed by atoms with Crippen molar-refractivity contribution in [3.05, 3.63) is 78.6 Å². The number of nitrogens with zero attached hydrogens (tertiary/aromatic N) is 1. The number of hydrogen-bond acceptors (Lipinski definition) is 5. The summed E-state index contributed by atoms with van der Waals surface area (Å²) in [5.74, 6) is -0.102. The molecule has 0 saturated heterocycles. The minimum Gasteiger partial charge on any atom is -0.494 e. The van der Waals surface area contributed by atoms with Crippen molar-refractivity contribution in [1.82, 2.24) is 0 Å². The van der Waals surface area contributed by atoms with Crippen LogP contribution in [0.2, 0.25) is 0 Å². The van der Waals surface area contributed by atoms with Crippen molar-refractivity contribution in [1.29, 1.82) is 0 Å². The van der Waals surface area contributed by atoms with Crippen molar-refractivity contribution in [3.63, 3.8) is 0 Å². The molecule has 0 radical (unpaired) electrons. The lowest BCUT2D eigenvalue weighted by Gasteiger charge is -2.20. The number of nitrogens with one attached hydrogen (secondary N) is 1. The molecule has 3 aromatic rings. The Balaban J connectivity index is 1.61. The van der Waals surface area contributed by atoms with E-state index in [1.807, 2.05) is 6.92 Å². The minimum absolute atomic E-state index is 0.0672. The van der Waals surface area contributed by atoms with E-state index in [2.05, 4.69) is 5.32 Å². The molecule has 0 saturated carbocycles. The van der Waals surface area contributed by atoms with Crippen LogP contribution in [0.4, 0.5) is 15.8 Å². The molecule has 0 heterocycles. The summed E-state index contributed by atoms with van der Waals surface area (Å²) in [6.07, 6.45) is 0. The zero-order valence-electron chi connectivity index (χ0n) is 17.6. The van der Waals surface area contributed by atoms with Gasteiger partial charge in [-0.1, -0.05) is 12.1 Å². The number of ether oxygens (including phenoxy) is 2. The third-order valence-corrected chi connectivity index (χ3v) is 6.31. The summed E-state index contributed by atoms with van der Waals surface area (Å²) in [7, 11) is -2.32. The van der Waals surface area contributed by atoms with E-state index in [9.17, 15) is 17.6 Å². The molecule has 0 aliphatic rings. The molecule has 1 amide bonds. The van der Waals surface area contributed by atoms with Crippen LogP contribution in [-0.4, -0.2) is 34.6 Å². The van der Waals surface area contributed by atoms with E-state index in [0.29, 0.717) is 23.8 Å². The van der Waals surface area contributed by atoms with Crippen molar-refractivity contribution >= 4 is 27.3 Å². The molecule has 7 nitrogen and oxygen atoms in total. The van der Waals surface area contributed by atoms with Gasteiger partial charge in [0, 0.05) is 7.05 Å². The molecule has 0 atom stereocenters. The largest absolute Gasteiger partial charge is 0.494 e. The number of para-hydroxylation sites is 1. The molecule has 0 unspecified atom stereocenters. The number of halogens is 1. The highest BCUT2D eigenvalue weighted by Gasteiger charge is 2.21. The minimum atomic E-state index is -3.76. The number of sulfonamides is 1. The Hall–Kier alpha value is -3.59. The predicted octanol–water partition coefficient (Wildman–Crippen LogP) is 4.07. The topological polar surface area (TPSA) is 84.9 Å². The Morgan fingerprint density at radius 1 is 0.938 bits per heavy atom. The van der Waals surface area contributed by atoms with Gasteiger partial charge in [-0.3, -0.25) is 9.10 Å². The highest BCUT2D eigenvalue weighted by molar-refractivity contribution is 7.92. The van der Waals surface area contributed by atoms with Crippen LogP contribution in [0.3, 0.4) is 0 Å². The molecular weight excluding hydrogens is 435 g/mol. The van der Waals surface area contributed by atoms with Gasteiger partial charge in [-0.2, -0.15) is 0 Å². The monoisotopic (exact) mass is 458 g/mol. The maximum absolute atomic E-state index is 13.6. The van der Waals surface area contributed by atoms with Crippen molar-refractivity contribution in [2.45, 2.75) is 11.8 Å². The van der Waals surface area contributed by atoms with Gasteiger partial charge < -0.3 is 14.8 Å². The smallest absolute Gasteiger partial charge is 0.264 e. The quantitative estimate of drug-likeness (QED) is 0.523. The molecule has 0 aliphatic carbocycles. The third kappa shape index (κ3) is 5.55. The van der Waals surface area contributed by atoms with Crippen LogP contribution < -0.4 is 19.1 Å². The summed E-state index contributed by atoms with van der Waals surface area (Å²) in [5, 5.41) is 2.42. The number of amides is 1. The first-order valence-corrected chi connectivity index (χ1v) is 11.2. The van der Waals surface area contributed by atoms with Gasteiger partial charge in [0.15, 0.2) is 6.61 Å². The number of anilines is 2. The predicted molar refractivity (Wildman–Crippen MR) is 120 cm³/mol. The number of carbonyl (C=O) groups excluding carboxylic acids is 1. The van der Waals surface area contributed by atoms with Gasteiger partial charge in [-0.05, 0) is 67.6 Å². The lowest BCUT2D eigenvalue weighted by Crippen LogP contribution is -2.26. The van der Waals surface area contributed by atoms with Crippen LogP contribution in [0.1, 0.15) is 6.92 Å². The van der Waals surface area contributed by atoms with Crippen LogP contribution in [0.5, 0.6) is 11.5 Å². The van der Waals surface area contributed by atoms with E-state index >= 15 is 0 Å². The molecule has 0 aromatic heterocycles. The molecule has 1 N–H and O–H groups in total. The van der Waals surface area contributed by atoms with E-state index in [-0.39, 0.29) is 17.2 Å². The first kappa shape index (κ1) is 23.1. The Bertz CT molecular complexity index is 1170. The van der Waals surface area contributed by atoms with Crippen LogP contribution in [0.15, 0.2) is 77.7 Å². The van der Waals surface area contributed by atoms with Gasteiger partial charge >= 0.3 is 0 Å². The number of hydrogen-bond donors (Lipinski definition) is 1. The molecule has 0 aliphatic heterocycles. The van der Waals surface area contributed by atoms with Gasteiger partial charge in [-0.15, -0.1) is 0 Å². The molecule has 0 spiro atoms. The molecule has 0 bridgehead atoms. The van der Waals surface area contributed by atoms with Crippen molar-refractivity contribution in [2.24, 2.45) is 0 Å². The molecule has 168 valence electrons. The SMILES string of the molecule is CCOc1ccc(S(=O)(=O)N(C)c2ccc(OCC(=O)Nc3ccccc3F)cc2)cc1. The van der Waals surface area contributed by atoms with Crippen LogP contribution in [0.25, 0.3) is 0 Å². The Morgan fingerprint density at radius 2 is 1.53 bits per heavy atom. The summed E-state index contributed by atoms with van der Waals surface area (Å²) >= 11 is 0. The molecule has 0 fully saturated rings. The standard InChI is InChI=1S/C23H23FN2O5S/c1-3-30-18-12-14-20(15-13-18)32(28,29)26(2)17-8-10-19(11-9-17)31-16-23(27)25-22-7-5-4-6-21(22)24/h4-15H,3,16H2,1-2H3,(H,25,27). The fraction of sp³-hybridized carbons (Fsp3) is 0.174. The second kappa shape index (κ2) is 10.1. The van der Waals surface area contributed by atoms with E-state index in [1.165, 1.54) is 37.4 Å². The molecule has 32 heavy (non-hydrogen) atoms. The van der Waals surface area contributed by atoms with E-state index in [0.717, 1.165) is 4.31 Å². The maximum atomic E-state index is 13.6. The number of carbonyl (C=O) groups is 1. The van der Waals surface area contributed by atoms with Gasteiger partial charge in [-0.25, -0.2) is 12.8 Å². The van der Waals surface area contributed by atoms with E-state index < -0.39 is 21.7 Å². The molecular formula is C23H23FN2O5S. The van der Waals surface area contributed by atoms with Gasteiger partial charge in [0.2, 0.25) is 0 Å². The van der Waals surface area contributed by atoms with Crippen LogP contribution >= 0.6 is 0 Å². The van der Waals surface area contributed by atoms with E-state index in [1.54, 1.807) is 42.5 Å². The van der Waals surface area contributed by atoms with Crippen molar-refractivity contribution < 1.29 is 27.1 Å². The summed E-state index contributed by atoms with van der Waals surface area (Å²) < 4.78 is 51.2. The number of rotatable bonds is 9. The fourth-order valence-corrected chi connectivity index (χ4v) is 4.02. The van der Waals surface area contributed by atoms with Gasteiger partial charge in [0.1, 0.15) is 17.3 Å². The summed E-state index contributed by atoms with van der Waals surface area (Å²) in [6.45, 7) is 2.01. The van der Waals surface area contributed by atoms with Crippen molar-refractivity contribution in [2.75, 3.05) is 29.9 Å². The van der Waals surface area contributed by atoms with Gasteiger partial charge in [0.25, 0.3) is 15.9 Å². The molecule has 9 heteroatoms. The maximum Gasteiger partial charge on any atom is 0.264 e. The van der Waals surface area contributed by atoms with Crippen molar-refractivity contribution in [3.8, 4) is 11.5 Å². The normalized spacial score (nSPS) is 11.0. The fourth-order valence-electron chi connectivity index (χ4n) is 2.82. The zero-order chi connectivity index (χ0) is 23.1. The molecule has 3 rings (SSSR count). The lowest BCUT2D eigenvalue weighted by molar-refractivity contribution is -0.118. The first-order valence-electron chi connectivity index (χ1n) is 9.80. The highest BCUT2D eigenvalue weighted by atomic mass is 32.2.